The molecular formula is C6H7ClFNO. The van der Waals surface area contributed by atoms with Crippen LogP contribution in [0.4, 0.5) is 10.1 Å². The fourth-order valence-corrected chi connectivity index (χ4v) is 0.516. The van der Waals surface area contributed by atoms with Gasteiger partial charge in [-0.25, -0.2) is 4.39 Å². The van der Waals surface area contributed by atoms with Gasteiger partial charge in [-0.3, -0.25) is 0 Å². The highest BCUT2D eigenvalue weighted by atomic mass is 35.5. The molecule has 0 aliphatic carbocycles. The summed E-state index contributed by atoms with van der Waals surface area (Å²) in [4.78, 5) is 0. The fraction of sp³-hybridized carbons (Fsp3) is 0. The Balaban J connectivity index is 0.000000810. The van der Waals surface area contributed by atoms with Crippen molar-refractivity contribution in [3.05, 3.63) is 24.0 Å². The van der Waals surface area contributed by atoms with Crippen molar-refractivity contribution in [2.75, 3.05) is 5.73 Å². The lowest BCUT2D eigenvalue weighted by atomic mass is 10.3. The number of phenols is 1. The maximum atomic E-state index is 12.3. The van der Waals surface area contributed by atoms with Gasteiger partial charge < -0.3 is 10.8 Å². The number of hydrogen-bond donors (Lipinski definition) is 2. The molecule has 2 nitrogen and oxygen atoms in total. The van der Waals surface area contributed by atoms with Crippen LogP contribution < -0.4 is 5.73 Å². The number of rotatable bonds is 0. The molecule has 0 bridgehead atoms. The summed E-state index contributed by atoms with van der Waals surface area (Å²) in [6, 6.07) is 3.61. The average molecular weight is 164 g/mol. The molecule has 0 amide bonds. The van der Waals surface area contributed by atoms with Crippen molar-refractivity contribution in [1.29, 1.82) is 0 Å². The van der Waals surface area contributed by atoms with Crippen molar-refractivity contribution in [2.24, 2.45) is 0 Å². The minimum atomic E-state index is -0.588. The number of anilines is 1. The van der Waals surface area contributed by atoms with E-state index in [0.29, 0.717) is 0 Å². The minimum absolute atomic E-state index is 0. The van der Waals surface area contributed by atoms with Crippen molar-refractivity contribution in [3.63, 3.8) is 0 Å². The number of benzene rings is 1. The second-order valence-electron chi connectivity index (χ2n) is 1.71. The molecule has 0 saturated heterocycles. The third-order valence-corrected chi connectivity index (χ3v) is 0.984. The van der Waals surface area contributed by atoms with Gasteiger partial charge in [0.05, 0.1) is 5.69 Å². The Morgan fingerprint density at radius 1 is 1.40 bits per heavy atom. The molecule has 0 aliphatic rings. The molecule has 0 aromatic heterocycles. The summed E-state index contributed by atoms with van der Waals surface area (Å²) < 4.78 is 12.3. The van der Waals surface area contributed by atoms with Crippen LogP contribution in [-0.2, 0) is 0 Å². The molecule has 1 aromatic rings. The Hall–Kier alpha value is -0.960. The Bertz CT molecular complexity index is 229. The van der Waals surface area contributed by atoms with Crippen molar-refractivity contribution < 1.29 is 9.50 Å². The zero-order valence-corrected chi connectivity index (χ0v) is 5.86. The topological polar surface area (TPSA) is 46.2 Å². The van der Waals surface area contributed by atoms with Gasteiger partial charge in [-0.1, -0.05) is 0 Å². The van der Waals surface area contributed by atoms with Crippen LogP contribution in [0.2, 0.25) is 0 Å². The average Bonchev–Trinajstić information content (AvgIpc) is 1.80. The van der Waals surface area contributed by atoms with E-state index in [-0.39, 0.29) is 23.8 Å². The van der Waals surface area contributed by atoms with Crippen LogP contribution in [0, 0.1) is 5.82 Å². The summed E-state index contributed by atoms with van der Waals surface area (Å²) >= 11 is 0. The van der Waals surface area contributed by atoms with E-state index in [1.807, 2.05) is 0 Å². The van der Waals surface area contributed by atoms with E-state index in [4.69, 9.17) is 10.8 Å². The van der Waals surface area contributed by atoms with Gasteiger partial charge in [-0.05, 0) is 12.1 Å². The van der Waals surface area contributed by atoms with Gasteiger partial charge in [0.1, 0.15) is 11.6 Å². The first-order valence-corrected chi connectivity index (χ1v) is 2.44. The molecule has 0 unspecified atom stereocenters. The van der Waals surface area contributed by atoms with Gasteiger partial charge in [-0.2, -0.15) is 0 Å². The van der Waals surface area contributed by atoms with Gasteiger partial charge in [0, 0.05) is 6.07 Å². The molecule has 0 saturated carbocycles. The monoisotopic (exact) mass is 163 g/mol. The molecule has 0 radical (unpaired) electrons. The summed E-state index contributed by atoms with van der Waals surface area (Å²) in [5.74, 6) is -0.697. The number of nitrogen functional groups attached to an aromatic ring is 1. The second-order valence-corrected chi connectivity index (χ2v) is 1.71. The third-order valence-electron chi connectivity index (χ3n) is 0.984. The smallest absolute Gasteiger partial charge is 0.149 e. The summed E-state index contributed by atoms with van der Waals surface area (Å²) in [6.07, 6.45) is 0. The summed E-state index contributed by atoms with van der Waals surface area (Å²) in [5.41, 5.74) is 5.15. The highest BCUT2D eigenvalue weighted by molar-refractivity contribution is 5.85. The first kappa shape index (κ1) is 9.04. The SMILES string of the molecule is Cl.Nc1ccc(O)cc1F. The van der Waals surface area contributed by atoms with E-state index in [2.05, 4.69) is 0 Å². The summed E-state index contributed by atoms with van der Waals surface area (Å²) in [6.45, 7) is 0. The maximum absolute atomic E-state index is 12.3. The molecule has 4 heteroatoms. The van der Waals surface area contributed by atoms with Crippen molar-refractivity contribution >= 4 is 18.1 Å². The lowest BCUT2D eigenvalue weighted by Gasteiger charge is -1.94. The molecule has 3 N–H and O–H groups in total. The lowest BCUT2D eigenvalue weighted by Crippen LogP contribution is -1.87. The Kier molecular flexibility index (Phi) is 2.96. The van der Waals surface area contributed by atoms with Gasteiger partial charge in [-0.15, -0.1) is 12.4 Å². The normalized spacial score (nSPS) is 8.50. The van der Waals surface area contributed by atoms with Crippen LogP contribution >= 0.6 is 12.4 Å². The maximum Gasteiger partial charge on any atom is 0.149 e. The van der Waals surface area contributed by atoms with Crippen LogP contribution in [0.3, 0.4) is 0 Å². The zero-order valence-electron chi connectivity index (χ0n) is 5.04. The van der Waals surface area contributed by atoms with Crippen LogP contribution in [0.25, 0.3) is 0 Å². The van der Waals surface area contributed by atoms with Crippen LogP contribution in [0.1, 0.15) is 0 Å². The van der Waals surface area contributed by atoms with E-state index < -0.39 is 5.82 Å². The van der Waals surface area contributed by atoms with Gasteiger partial charge in [0.2, 0.25) is 0 Å². The molecule has 0 atom stereocenters. The number of phenolic OH excluding ortho intramolecular Hbond substituents is 1. The number of nitrogens with two attached hydrogens (primary N) is 1. The Morgan fingerprint density at radius 2 is 2.00 bits per heavy atom. The second kappa shape index (κ2) is 3.27. The number of hydrogen-bond acceptors (Lipinski definition) is 2. The first-order chi connectivity index (χ1) is 4.20. The fourth-order valence-electron chi connectivity index (χ4n) is 0.516. The quantitative estimate of drug-likeness (QED) is 0.450. The highest BCUT2D eigenvalue weighted by Gasteiger charge is 1.95. The molecule has 0 fully saturated rings. The molecule has 1 aromatic carbocycles. The first-order valence-electron chi connectivity index (χ1n) is 2.44. The number of halogens is 2. The summed E-state index contributed by atoms with van der Waals surface area (Å²) in [5, 5.41) is 8.64. The zero-order chi connectivity index (χ0) is 6.85. The Morgan fingerprint density at radius 3 is 2.40 bits per heavy atom. The highest BCUT2D eigenvalue weighted by Crippen LogP contribution is 2.15. The molecule has 1 rings (SSSR count). The largest absolute Gasteiger partial charge is 0.508 e. The number of aromatic hydroxyl groups is 1. The van der Waals surface area contributed by atoms with E-state index >= 15 is 0 Å². The summed E-state index contributed by atoms with van der Waals surface area (Å²) in [7, 11) is 0. The lowest BCUT2D eigenvalue weighted by molar-refractivity contribution is 0.469. The predicted octanol–water partition coefficient (Wildman–Crippen LogP) is 1.54. The van der Waals surface area contributed by atoms with Crippen molar-refractivity contribution in [3.8, 4) is 5.75 Å². The van der Waals surface area contributed by atoms with E-state index in [0.717, 1.165) is 6.07 Å². The molecule has 56 valence electrons. The molecule has 0 spiro atoms. The molecule has 0 heterocycles. The van der Waals surface area contributed by atoms with Crippen LogP contribution in [0.5, 0.6) is 5.75 Å². The minimum Gasteiger partial charge on any atom is -0.508 e. The Labute approximate surface area is 63.9 Å². The van der Waals surface area contributed by atoms with E-state index in [1.54, 1.807) is 0 Å². The van der Waals surface area contributed by atoms with Crippen molar-refractivity contribution in [2.45, 2.75) is 0 Å². The third kappa shape index (κ3) is 1.77. The molecule has 10 heavy (non-hydrogen) atoms. The van der Waals surface area contributed by atoms with Crippen LogP contribution in [-0.4, -0.2) is 5.11 Å². The predicted molar refractivity (Wildman–Crippen MR) is 39.7 cm³/mol. The van der Waals surface area contributed by atoms with Gasteiger partial charge in [0.15, 0.2) is 0 Å². The van der Waals surface area contributed by atoms with E-state index in [9.17, 15) is 4.39 Å². The molecular weight excluding hydrogens is 157 g/mol. The molecule has 0 aliphatic heterocycles. The van der Waals surface area contributed by atoms with Crippen LogP contribution in [0.15, 0.2) is 18.2 Å². The van der Waals surface area contributed by atoms with Crippen molar-refractivity contribution in [1.82, 2.24) is 0 Å². The van der Waals surface area contributed by atoms with Gasteiger partial charge in [0.25, 0.3) is 0 Å². The standard InChI is InChI=1S/C6H6FNO.ClH/c7-5-3-4(9)1-2-6(5)8;/h1-3,9H,8H2;1H. The van der Waals surface area contributed by atoms with Gasteiger partial charge >= 0.3 is 0 Å². The van der Waals surface area contributed by atoms with E-state index in [1.165, 1.54) is 12.1 Å².